The summed E-state index contributed by atoms with van der Waals surface area (Å²) in [5, 5.41) is 24.9. The lowest BCUT2D eigenvalue weighted by Gasteiger charge is -2.21. The number of hydrogen-bond acceptors (Lipinski definition) is 5. The van der Waals surface area contributed by atoms with Gasteiger partial charge < -0.3 is 25.0 Å². The SMILES string of the molecule is Cc1noc(C)c1CNC(=O)N1C[C@@H](O)C[C@H]1C(=O)O. The van der Waals surface area contributed by atoms with Crippen molar-refractivity contribution in [3.05, 3.63) is 17.0 Å². The number of aliphatic hydroxyl groups excluding tert-OH is 1. The zero-order valence-electron chi connectivity index (χ0n) is 11.3. The highest BCUT2D eigenvalue weighted by Crippen LogP contribution is 2.18. The Kier molecular flexibility index (Phi) is 3.93. The van der Waals surface area contributed by atoms with E-state index >= 15 is 0 Å². The van der Waals surface area contributed by atoms with Crippen LogP contribution in [0.25, 0.3) is 0 Å². The van der Waals surface area contributed by atoms with Crippen LogP contribution in [0.3, 0.4) is 0 Å². The highest BCUT2D eigenvalue weighted by Gasteiger charge is 2.38. The molecule has 0 bridgehead atoms. The third kappa shape index (κ3) is 2.74. The smallest absolute Gasteiger partial charge is 0.326 e. The maximum absolute atomic E-state index is 12.0. The van der Waals surface area contributed by atoms with Crippen LogP contribution in [0, 0.1) is 13.8 Å². The Morgan fingerprint density at radius 2 is 2.20 bits per heavy atom. The Balaban J connectivity index is 2.00. The quantitative estimate of drug-likeness (QED) is 0.720. The summed E-state index contributed by atoms with van der Waals surface area (Å²) in [6.07, 6.45) is -0.755. The van der Waals surface area contributed by atoms with Gasteiger partial charge in [0.1, 0.15) is 11.8 Å². The number of carbonyl (C=O) groups is 2. The summed E-state index contributed by atoms with van der Waals surface area (Å²) in [6.45, 7) is 3.72. The Hall–Kier alpha value is -2.09. The van der Waals surface area contributed by atoms with Crippen LogP contribution in [0.1, 0.15) is 23.4 Å². The van der Waals surface area contributed by atoms with Crippen molar-refractivity contribution in [1.82, 2.24) is 15.4 Å². The van der Waals surface area contributed by atoms with Crippen LogP contribution < -0.4 is 5.32 Å². The van der Waals surface area contributed by atoms with E-state index in [9.17, 15) is 14.7 Å². The number of amides is 2. The first-order valence-electron chi connectivity index (χ1n) is 6.27. The summed E-state index contributed by atoms with van der Waals surface area (Å²) in [5.74, 6) is -0.506. The molecule has 2 atom stereocenters. The van der Waals surface area contributed by atoms with Crippen molar-refractivity contribution in [3.8, 4) is 0 Å². The zero-order valence-corrected chi connectivity index (χ0v) is 11.3. The van der Waals surface area contributed by atoms with Crippen molar-refractivity contribution in [2.45, 2.75) is 39.0 Å². The molecule has 2 rings (SSSR count). The van der Waals surface area contributed by atoms with E-state index in [0.29, 0.717) is 11.5 Å². The second-order valence-corrected chi connectivity index (χ2v) is 4.86. The van der Waals surface area contributed by atoms with Crippen molar-refractivity contribution >= 4 is 12.0 Å². The van der Waals surface area contributed by atoms with Crippen molar-refractivity contribution in [1.29, 1.82) is 0 Å². The number of hydrogen-bond donors (Lipinski definition) is 3. The lowest BCUT2D eigenvalue weighted by atomic mass is 10.2. The fourth-order valence-electron chi connectivity index (χ4n) is 2.29. The first kappa shape index (κ1) is 14.3. The number of rotatable bonds is 3. The maximum Gasteiger partial charge on any atom is 0.326 e. The Labute approximate surface area is 115 Å². The average molecular weight is 283 g/mol. The molecule has 0 aliphatic carbocycles. The first-order chi connectivity index (χ1) is 9.40. The number of β-amino-alcohol motifs (C(OH)–C–C–N with tert-alkyl or cyclic N) is 1. The van der Waals surface area contributed by atoms with E-state index in [1.807, 2.05) is 0 Å². The third-order valence-electron chi connectivity index (χ3n) is 3.42. The molecule has 3 N–H and O–H groups in total. The number of carbonyl (C=O) groups excluding carboxylic acids is 1. The average Bonchev–Trinajstić information content (AvgIpc) is 2.91. The van der Waals surface area contributed by atoms with Gasteiger partial charge in [0.2, 0.25) is 0 Å². The van der Waals surface area contributed by atoms with E-state index in [1.54, 1.807) is 13.8 Å². The van der Waals surface area contributed by atoms with Gasteiger partial charge in [0.15, 0.2) is 0 Å². The van der Waals surface area contributed by atoms with Crippen LogP contribution in [0.5, 0.6) is 0 Å². The molecular formula is C12H17N3O5. The summed E-state index contributed by atoms with van der Waals surface area (Å²) in [6, 6.07) is -1.51. The Bertz CT molecular complexity index is 508. The summed E-state index contributed by atoms with van der Waals surface area (Å²) in [4.78, 5) is 24.2. The van der Waals surface area contributed by atoms with Crippen LogP contribution in [-0.2, 0) is 11.3 Å². The standard InChI is InChI=1S/C12H17N3O5/c1-6-9(7(2)20-14-6)4-13-12(19)15-5-8(16)3-10(15)11(17)18/h8,10,16H,3-5H2,1-2H3,(H,13,19)(H,17,18)/t8-,10-/m0/s1. The molecule has 0 spiro atoms. The van der Waals surface area contributed by atoms with Crippen molar-refractivity contribution in [2.24, 2.45) is 0 Å². The largest absolute Gasteiger partial charge is 0.480 e. The molecular weight excluding hydrogens is 266 g/mol. The van der Waals surface area contributed by atoms with E-state index < -0.39 is 24.1 Å². The predicted molar refractivity (Wildman–Crippen MR) is 67.0 cm³/mol. The number of urea groups is 1. The molecule has 20 heavy (non-hydrogen) atoms. The minimum Gasteiger partial charge on any atom is -0.480 e. The van der Waals surface area contributed by atoms with E-state index in [-0.39, 0.29) is 19.5 Å². The molecule has 1 aliphatic heterocycles. The fourth-order valence-corrected chi connectivity index (χ4v) is 2.29. The number of aliphatic carboxylic acids is 1. The molecule has 0 aromatic carbocycles. The maximum atomic E-state index is 12.0. The van der Waals surface area contributed by atoms with Gasteiger partial charge in [-0.1, -0.05) is 5.16 Å². The molecule has 2 heterocycles. The molecule has 1 saturated heterocycles. The van der Waals surface area contributed by atoms with E-state index in [4.69, 9.17) is 9.63 Å². The van der Waals surface area contributed by atoms with Gasteiger partial charge >= 0.3 is 12.0 Å². The fraction of sp³-hybridized carbons (Fsp3) is 0.583. The van der Waals surface area contributed by atoms with E-state index in [2.05, 4.69) is 10.5 Å². The van der Waals surface area contributed by atoms with Crippen molar-refractivity contribution in [2.75, 3.05) is 6.54 Å². The first-order valence-corrected chi connectivity index (χ1v) is 6.27. The second-order valence-electron chi connectivity index (χ2n) is 4.86. The molecule has 110 valence electrons. The van der Waals surface area contributed by atoms with Crippen LogP contribution in [-0.4, -0.2) is 51.0 Å². The Morgan fingerprint density at radius 1 is 1.50 bits per heavy atom. The van der Waals surface area contributed by atoms with Crippen LogP contribution in [0.4, 0.5) is 4.79 Å². The van der Waals surface area contributed by atoms with Gasteiger partial charge in [-0.25, -0.2) is 9.59 Å². The van der Waals surface area contributed by atoms with Gasteiger partial charge in [0.05, 0.1) is 11.8 Å². The Morgan fingerprint density at radius 3 is 2.75 bits per heavy atom. The summed E-state index contributed by atoms with van der Waals surface area (Å²) in [7, 11) is 0. The minimum absolute atomic E-state index is 0.0183. The van der Waals surface area contributed by atoms with Crippen molar-refractivity contribution < 1.29 is 24.3 Å². The summed E-state index contributed by atoms with van der Waals surface area (Å²) < 4.78 is 4.98. The molecule has 2 amide bonds. The highest BCUT2D eigenvalue weighted by molar-refractivity contribution is 5.83. The lowest BCUT2D eigenvalue weighted by molar-refractivity contribution is -0.141. The lowest BCUT2D eigenvalue weighted by Crippen LogP contribution is -2.46. The molecule has 8 heteroatoms. The normalized spacial score (nSPS) is 22.1. The zero-order chi connectivity index (χ0) is 14.9. The molecule has 8 nitrogen and oxygen atoms in total. The van der Waals surface area contributed by atoms with Crippen LogP contribution in [0.2, 0.25) is 0 Å². The summed E-state index contributed by atoms with van der Waals surface area (Å²) in [5.41, 5.74) is 1.45. The van der Waals surface area contributed by atoms with Gasteiger partial charge in [-0.3, -0.25) is 0 Å². The number of carboxylic acids is 1. The van der Waals surface area contributed by atoms with Gasteiger partial charge in [-0.05, 0) is 13.8 Å². The minimum atomic E-state index is -1.12. The highest BCUT2D eigenvalue weighted by atomic mass is 16.5. The molecule has 0 radical (unpaired) electrons. The number of carboxylic acid groups (broad SMARTS) is 1. The topological polar surface area (TPSA) is 116 Å². The molecule has 1 aliphatic rings. The van der Waals surface area contributed by atoms with Gasteiger partial charge in [0.25, 0.3) is 0 Å². The number of nitrogens with zero attached hydrogens (tertiary/aromatic N) is 2. The van der Waals surface area contributed by atoms with Crippen LogP contribution >= 0.6 is 0 Å². The van der Waals surface area contributed by atoms with Gasteiger partial charge in [-0.15, -0.1) is 0 Å². The van der Waals surface area contributed by atoms with Crippen molar-refractivity contribution in [3.63, 3.8) is 0 Å². The number of aryl methyl sites for hydroxylation is 2. The monoisotopic (exact) mass is 283 g/mol. The van der Waals surface area contributed by atoms with E-state index in [1.165, 1.54) is 0 Å². The molecule has 1 fully saturated rings. The second kappa shape index (κ2) is 5.49. The predicted octanol–water partition coefficient (Wildman–Crippen LogP) is 0.0208. The van der Waals surface area contributed by atoms with Gasteiger partial charge in [0, 0.05) is 25.1 Å². The molecule has 0 saturated carbocycles. The molecule has 1 aromatic rings. The number of likely N-dealkylation sites (tertiary alicyclic amines) is 1. The summed E-state index contributed by atoms with van der Waals surface area (Å²) >= 11 is 0. The number of aromatic nitrogens is 1. The number of aliphatic hydroxyl groups is 1. The molecule has 1 aromatic heterocycles. The number of nitrogens with one attached hydrogen (secondary N) is 1. The third-order valence-corrected chi connectivity index (χ3v) is 3.42. The molecule has 0 unspecified atom stereocenters. The van der Waals surface area contributed by atoms with Crippen LogP contribution in [0.15, 0.2) is 4.52 Å². The van der Waals surface area contributed by atoms with Gasteiger partial charge in [-0.2, -0.15) is 0 Å². The van der Waals surface area contributed by atoms with E-state index in [0.717, 1.165) is 10.5 Å².